The van der Waals surface area contributed by atoms with Crippen molar-refractivity contribution in [3.63, 3.8) is 0 Å². The van der Waals surface area contributed by atoms with E-state index in [4.69, 9.17) is 16.3 Å². The maximum absolute atomic E-state index is 5.95. The van der Waals surface area contributed by atoms with Gasteiger partial charge in [-0.05, 0) is 69.2 Å². The summed E-state index contributed by atoms with van der Waals surface area (Å²) in [5.41, 5.74) is 1.12. The van der Waals surface area contributed by atoms with Crippen molar-refractivity contribution in [2.24, 2.45) is 0 Å². The van der Waals surface area contributed by atoms with Crippen molar-refractivity contribution in [3.05, 3.63) is 28.8 Å². The lowest BCUT2D eigenvalue weighted by molar-refractivity contribution is -0.907. The fourth-order valence-corrected chi connectivity index (χ4v) is 3.49. The highest BCUT2D eigenvalue weighted by molar-refractivity contribution is 6.30. The van der Waals surface area contributed by atoms with Crippen LogP contribution in [0.15, 0.2) is 18.2 Å². The topological polar surface area (TPSA) is 13.7 Å². The Kier molecular flexibility index (Phi) is 6.85. The van der Waals surface area contributed by atoms with Crippen LogP contribution in [-0.4, -0.2) is 26.2 Å². The molecule has 1 aromatic carbocycles. The van der Waals surface area contributed by atoms with E-state index in [1.54, 1.807) is 4.90 Å². The molecule has 1 aliphatic carbocycles. The Hall–Kier alpha value is -0.730. The van der Waals surface area contributed by atoms with Crippen LogP contribution in [0.2, 0.25) is 5.02 Å². The Bertz CT molecular complexity index is 429. The molecule has 21 heavy (non-hydrogen) atoms. The first-order valence-electron chi connectivity index (χ1n) is 8.38. The van der Waals surface area contributed by atoms with Gasteiger partial charge in [0.2, 0.25) is 0 Å². The van der Waals surface area contributed by atoms with E-state index in [0.29, 0.717) is 0 Å². The van der Waals surface area contributed by atoms with Gasteiger partial charge in [-0.1, -0.05) is 18.0 Å². The second kappa shape index (κ2) is 8.65. The number of quaternary nitrogens is 1. The molecule has 1 aromatic rings. The van der Waals surface area contributed by atoms with Crippen molar-refractivity contribution in [1.82, 2.24) is 0 Å². The molecule has 0 amide bonds. The summed E-state index contributed by atoms with van der Waals surface area (Å²) < 4.78 is 5.85. The van der Waals surface area contributed by atoms with Crippen LogP contribution in [0, 0.1) is 6.92 Å². The highest BCUT2D eigenvalue weighted by atomic mass is 35.5. The molecular formula is C18H29ClNO+. The van der Waals surface area contributed by atoms with Crippen molar-refractivity contribution in [2.45, 2.75) is 57.9 Å². The summed E-state index contributed by atoms with van der Waals surface area (Å²) >= 11 is 5.95. The smallest absolute Gasteiger partial charge is 0.122 e. The third-order valence-corrected chi connectivity index (χ3v) is 4.90. The molecule has 0 radical (unpaired) electrons. The maximum Gasteiger partial charge on any atom is 0.122 e. The molecule has 2 nitrogen and oxygen atoms in total. The lowest BCUT2D eigenvalue weighted by atomic mass is 9.94. The lowest BCUT2D eigenvalue weighted by Gasteiger charge is -2.28. The molecule has 0 aliphatic heterocycles. The van der Waals surface area contributed by atoms with E-state index in [9.17, 15) is 0 Å². The van der Waals surface area contributed by atoms with Crippen molar-refractivity contribution in [2.75, 3.05) is 20.2 Å². The SMILES string of the molecule is Cc1cc(Cl)ccc1OCCCC[NH+](C)C1CCCCC1. The van der Waals surface area contributed by atoms with Crippen molar-refractivity contribution >= 4 is 11.6 Å². The first kappa shape index (κ1) is 16.6. The highest BCUT2D eigenvalue weighted by Crippen LogP contribution is 2.21. The Labute approximate surface area is 134 Å². The largest absolute Gasteiger partial charge is 0.493 e. The molecule has 0 heterocycles. The van der Waals surface area contributed by atoms with Gasteiger partial charge in [0.05, 0.1) is 26.2 Å². The number of benzene rings is 1. The number of rotatable bonds is 7. The van der Waals surface area contributed by atoms with Crippen LogP contribution < -0.4 is 9.64 Å². The quantitative estimate of drug-likeness (QED) is 0.759. The molecule has 0 spiro atoms. The minimum absolute atomic E-state index is 0.776. The minimum atomic E-state index is 0.776. The summed E-state index contributed by atoms with van der Waals surface area (Å²) in [5, 5.41) is 0.776. The van der Waals surface area contributed by atoms with Crippen LogP contribution >= 0.6 is 11.6 Å². The van der Waals surface area contributed by atoms with E-state index in [-0.39, 0.29) is 0 Å². The van der Waals surface area contributed by atoms with Crippen LogP contribution in [0.3, 0.4) is 0 Å². The number of ether oxygens (including phenoxy) is 1. The third kappa shape index (κ3) is 5.52. The van der Waals surface area contributed by atoms with E-state index in [1.807, 2.05) is 25.1 Å². The Morgan fingerprint density at radius 1 is 1.19 bits per heavy atom. The predicted molar refractivity (Wildman–Crippen MR) is 89.5 cm³/mol. The molecule has 1 saturated carbocycles. The Morgan fingerprint density at radius 3 is 2.67 bits per heavy atom. The number of halogens is 1. The Morgan fingerprint density at radius 2 is 1.95 bits per heavy atom. The van der Waals surface area contributed by atoms with E-state index >= 15 is 0 Å². The molecule has 1 unspecified atom stereocenters. The lowest BCUT2D eigenvalue weighted by Crippen LogP contribution is -3.13. The van der Waals surface area contributed by atoms with Crippen LogP contribution in [0.5, 0.6) is 5.75 Å². The number of aryl methyl sites for hydroxylation is 1. The Balaban J connectivity index is 1.61. The fourth-order valence-electron chi connectivity index (χ4n) is 3.26. The zero-order valence-electron chi connectivity index (χ0n) is 13.5. The number of hydrogen-bond donors (Lipinski definition) is 1. The zero-order valence-corrected chi connectivity index (χ0v) is 14.2. The van der Waals surface area contributed by atoms with Crippen molar-refractivity contribution in [1.29, 1.82) is 0 Å². The normalized spacial score (nSPS) is 17.7. The van der Waals surface area contributed by atoms with Gasteiger partial charge in [-0.25, -0.2) is 0 Å². The van der Waals surface area contributed by atoms with Gasteiger partial charge in [0.1, 0.15) is 5.75 Å². The zero-order chi connectivity index (χ0) is 15.1. The van der Waals surface area contributed by atoms with Gasteiger partial charge in [0.15, 0.2) is 0 Å². The first-order chi connectivity index (χ1) is 10.2. The molecule has 0 aromatic heterocycles. The van der Waals surface area contributed by atoms with E-state index in [2.05, 4.69) is 7.05 Å². The van der Waals surface area contributed by atoms with Gasteiger partial charge in [0, 0.05) is 5.02 Å². The van der Waals surface area contributed by atoms with Crippen molar-refractivity contribution < 1.29 is 9.64 Å². The van der Waals surface area contributed by atoms with Gasteiger partial charge >= 0.3 is 0 Å². The monoisotopic (exact) mass is 310 g/mol. The van der Waals surface area contributed by atoms with Crippen LogP contribution in [0.1, 0.15) is 50.5 Å². The molecule has 0 saturated heterocycles. The minimum Gasteiger partial charge on any atom is -0.493 e. The van der Waals surface area contributed by atoms with Crippen LogP contribution in [0.4, 0.5) is 0 Å². The van der Waals surface area contributed by atoms with E-state index in [0.717, 1.165) is 35.4 Å². The summed E-state index contributed by atoms with van der Waals surface area (Å²) in [6.45, 7) is 4.12. The molecule has 1 fully saturated rings. The molecule has 2 rings (SSSR count). The summed E-state index contributed by atoms with van der Waals surface area (Å²) in [7, 11) is 2.36. The first-order valence-corrected chi connectivity index (χ1v) is 8.76. The molecule has 1 atom stereocenters. The number of nitrogens with one attached hydrogen (secondary N) is 1. The van der Waals surface area contributed by atoms with Crippen LogP contribution in [-0.2, 0) is 0 Å². The van der Waals surface area contributed by atoms with Gasteiger partial charge in [-0.15, -0.1) is 0 Å². The number of unbranched alkanes of at least 4 members (excludes halogenated alkanes) is 1. The average molecular weight is 311 g/mol. The molecular weight excluding hydrogens is 282 g/mol. The highest BCUT2D eigenvalue weighted by Gasteiger charge is 2.20. The molecule has 118 valence electrons. The second-order valence-electron chi connectivity index (χ2n) is 6.40. The third-order valence-electron chi connectivity index (χ3n) is 4.66. The second-order valence-corrected chi connectivity index (χ2v) is 6.83. The predicted octanol–water partition coefficient (Wildman–Crippen LogP) is 3.65. The van der Waals surface area contributed by atoms with Gasteiger partial charge in [0.25, 0.3) is 0 Å². The van der Waals surface area contributed by atoms with Crippen LogP contribution in [0.25, 0.3) is 0 Å². The van der Waals surface area contributed by atoms with Crippen molar-refractivity contribution in [3.8, 4) is 5.75 Å². The van der Waals surface area contributed by atoms with Gasteiger partial charge in [-0.2, -0.15) is 0 Å². The number of hydrogen-bond acceptors (Lipinski definition) is 1. The van der Waals surface area contributed by atoms with E-state index < -0.39 is 0 Å². The summed E-state index contributed by atoms with van der Waals surface area (Å²) in [5.74, 6) is 0.965. The molecule has 0 bridgehead atoms. The molecule has 1 N–H and O–H groups in total. The molecule has 3 heteroatoms. The summed E-state index contributed by atoms with van der Waals surface area (Å²) in [4.78, 5) is 1.72. The molecule has 1 aliphatic rings. The fraction of sp³-hybridized carbons (Fsp3) is 0.667. The van der Waals surface area contributed by atoms with Gasteiger partial charge in [-0.3, -0.25) is 0 Å². The summed E-state index contributed by atoms with van der Waals surface area (Å²) in [6, 6.07) is 6.72. The maximum atomic E-state index is 5.95. The summed E-state index contributed by atoms with van der Waals surface area (Å²) in [6.07, 6.45) is 9.53. The standard InChI is InChI=1S/C18H28ClNO/c1-15-14-16(19)10-11-18(15)21-13-7-6-12-20(2)17-8-4-3-5-9-17/h10-11,14,17H,3-9,12-13H2,1-2H3/p+1. The van der Waals surface area contributed by atoms with Gasteiger partial charge < -0.3 is 9.64 Å². The van der Waals surface area contributed by atoms with E-state index in [1.165, 1.54) is 45.1 Å². The average Bonchev–Trinajstić information content (AvgIpc) is 2.49.